The topological polar surface area (TPSA) is 131 Å². The van der Waals surface area contributed by atoms with Crippen molar-refractivity contribution in [3.05, 3.63) is 23.9 Å². The lowest BCUT2D eigenvalue weighted by Gasteiger charge is -2.36. The molecule has 3 aliphatic rings. The van der Waals surface area contributed by atoms with E-state index in [1.54, 1.807) is 17.8 Å². The van der Waals surface area contributed by atoms with Crippen LogP contribution < -0.4 is 25.0 Å². The highest BCUT2D eigenvalue weighted by atomic mass is 32.2. The molecule has 11 nitrogen and oxygen atoms in total. The van der Waals surface area contributed by atoms with Gasteiger partial charge in [0.2, 0.25) is 17.7 Å². The number of aliphatic hydroxyl groups excluding tert-OH is 1. The first-order valence-electron chi connectivity index (χ1n) is 11.3. The van der Waals surface area contributed by atoms with Gasteiger partial charge in [-0.2, -0.15) is 10.1 Å². The van der Waals surface area contributed by atoms with Gasteiger partial charge in [0.1, 0.15) is 0 Å². The van der Waals surface area contributed by atoms with E-state index in [0.717, 1.165) is 28.5 Å². The lowest BCUT2D eigenvalue weighted by Crippen LogP contribution is -2.50. The zero-order chi connectivity index (χ0) is 23.5. The lowest BCUT2D eigenvalue weighted by molar-refractivity contribution is -0.118. The average Bonchev–Trinajstić information content (AvgIpc) is 2.89. The van der Waals surface area contributed by atoms with E-state index in [-0.39, 0.29) is 31.1 Å². The minimum Gasteiger partial charge on any atom is -0.481 e. The number of amides is 1. The van der Waals surface area contributed by atoms with Crippen LogP contribution in [-0.2, 0) is 16.1 Å². The molecule has 34 heavy (non-hydrogen) atoms. The van der Waals surface area contributed by atoms with E-state index in [4.69, 9.17) is 14.2 Å². The van der Waals surface area contributed by atoms with Crippen molar-refractivity contribution in [1.82, 2.24) is 20.5 Å². The summed E-state index contributed by atoms with van der Waals surface area (Å²) in [6.45, 7) is 1.98. The third-order valence-electron chi connectivity index (χ3n) is 6.08. The predicted molar refractivity (Wildman–Crippen MR) is 125 cm³/mol. The van der Waals surface area contributed by atoms with Crippen LogP contribution in [0.4, 0.5) is 11.5 Å². The summed E-state index contributed by atoms with van der Waals surface area (Å²) >= 11 is 1.73. The number of methoxy groups -OCH3 is 1. The van der Waals surface area contributed by atoms with Crippen LogP contribution in [0.25, 0.3) is 0 Å². The van der Waals surface area contributed by atoms with E-state index in [2.05, 4.69) is 25.8 Å². The van der Waals surface area contributed by atoms with Gasteiger partial charge in [-0.3, -0.25) is 9.69 Å². The average molecular weight is 489 g/mol. The van der Waals surface area contributed by atoms with Crippen molar-refractivity contribution in [3.8, 4) is 11.8 Å². The first kappa shape index (κ1) is 23.1. The van der Waals surface area contributed by atoms with Crippen molar-refractivity contribution in [3.63, 3.8) is 0 Å². The molecule has 182 valence electrons. The van der Waals surface area contributed by atoms with E-state index < -0.39 is 6.10 Å². The summed E-state index contributed by atoms with van der Waals surface area (Å²) in [5, 5.41) is 25.8. The van der Waals surface area contributed by atoms with E-state index >= 15 is 0 Å². The van der Waals surface area contributed by atoms with Crippen molar-refractivity contribution >= 4 is 29.2 Å². The predicted octanol–water partition coefficient (Wildman–Crippen LogP) is 0.821. The van der Waals surface area contributed by atoms with Crippen molar-refractivity contribution in [2.24, 2.45) is 0 Å². The summed E-state index contributed by atoms with van der Waals surface area (Å²) in [5.41, 5.74) is 1.59. The summed E-state index contributed by atoms with van der Waals surface area (Å²) < 4.78 is 16.7. The molecule has 2 aromatic heterocycles. The first-order chi connectivity index (χ1) is 16.6. The minimum atomic E-state index is -0.826. The number of aromatic nitrogens is 3. The van der Waals surface area contributed by atoms with Gasteiger partial charge in [-0.1, -0.05) is 0 Å². The number of anilines is 2. The fourth-order valence-corrected chi connectivity index (χ4v) is 5.06. The Bertz CT molecular complexity index is 1030. The molecule has 3 N–H and O–H groups in total. The van der Waals surface area contributed by atoms with Crippen LogP contribution in [0, 0.1) is 0 Å². The third-order valence-corrected chi connectivity index (χ3v) is 7.06. The lowest BCUT2D eigenvalue weighted by atomic mass is 10.0. The normalized spacial score (nSPS) is 22.8. The Labute approximate surface area is 201 Å². The molecule has 5 rings (SSSR count). The van der Waals surface area contributed by atoms with Crippen LogP contribution in [0.2, 0.25) is 0 Å². The molecule has 1 amide bonds. The van der Waals surface area contributed by atoms with Crippen LogP contribution in [0.3, 0.4) is 0 Å². The van der Waals surface area contributed by atoms with Gasteiger partial charge in [0.25, 0.3) is 0 Å². The molecule has 0 aliphatic carbocycles. The third kappa shape index (κ3) is 5.04. The molecule has 1 fully saturated rings. The monoisotopic (exact) mass is 488 g/mol. The Morgan fingerprint density at radius 2 is 2.29 bits per heavy atom. The number of pyridine rings is 1. The number of nitrogens with one attached hydrogen (secondary N) is 2. The van der Waals surface area contributed by atoms with Crippen LogP contribution >= 0.6 is 11.8 Å². The Hall–Kier alpha value is -2.67. The second-order valence-corrected chi connectivity index (χ2v) is 9.52. The van der Waals surface area contributed by atoms with Gasteiger partial charge in [-0.25, -0.2) is 0 Å². The van der Waals surface area contributed by atoms with Crippen LogP contribution in [0.1, 0.15) is 18.5 Å². The highest BCUT2D eigenvalue weighted by Gasteiger charge is 2.33. The molecule has 0 saturated carbocycles. The Morgan fingerprint density at radius 3 is 3.12 bits per heavy atom. The molecule has 12 heteroatoms. The van der Waals surface area contributed by atoms with Gasteiger partial charge in [0.15, 0.2) is 5.82 Å². The number of thioether (sulfide) groups is 1. The largest absolute Gasteiger partial charge is 0.481 e. The van der Waals surface area contributed by atoms with Gasteiger partial charge >= 0.3 is 0 Å². The van der Waals surface area contributed by atoms with Crippen LogP contribution in [-0.4, -0.2) is 83.6 Å². The second-order valence-electron chi connectivity index (χ2n) is 8.38. The maximum Gasteiger partial charge on any atom is 0.247 e. The standard InChI is InChI=1S/C22H28N6O5S/c1-31-19-5-3-15-21(25-19)28(20(30)10-24-15)11-16(29)17-4-2-13(12-33-17)23-9-14-8-18-22(27-26-14)32-6-7-34-18/h3,5,8,13,16-17,23-24,29H,2,4,6-7,9-12H2,1H3/t13-,16+,17+/m1/s1. The summed E-state index contributed by atoms with van der Waals surface area (Å²) in [5.74, 6) is 2.24. The number of carbonyl (C=O) groups excluding carboxylic acids is 1. The second kappa shape index (κ2) is 10.3. The molecule has 0 aromatic carbocycles. The van der Waals surface area contributed by atoms with Crippen LogP contribution in [0.15, 0.2) is 23.1 Å². The Balaban J connectivity index is 1.13. The molecule has 2 aromatic rings. The zero-order valence-corrected chi connectivity index (χ0v) is 19.7. The van der Waals surface area contributed by atoms with Crippen LogP contribution in [0.5, 0.6) is 11.8 Å². The van der Waals surface area contributed by atoms with Gasteiger partial charge in [0, 0.05) is 24.4 Å². The van der Waals surface area contributed by atoms with Gasteiger partial charge < -0.3 is 30.0 Å². The van der Waals surface area contributed by atoms with Crippen molar-refractivity contribution in [2.45, 2.75) is 42.5 Å². The maximum atomic E-state index is 12.5. The van der Waals surface area contributed by atoms with Crippen molar-refractivity contribution in [2.75, 3.05) is 49.4 Å². The molecule has 0 radical (unpaired) electrons. The SMILES string of the molecule is COc1ccc2c(n1)N(C[C@H](O)[C@@H]1CC[C@@H](NCc3cc4c(nn3)OCCS4)CO1)C(=O)CN2. The fraction of sp³-hybridized carbons (Fsp3) is 0.545. The van der Waals surface area contributed by atoms with E-state index in [0.29, 0.717) is 43.8 Å². The maximum absolute atomic E-state index is 12.5. The number of aliphatic hydroxyl groups is 1. The molecule has 3 aliphatic heterocycles. The first-order valence-corrected chi connectivity index (χ1v) is 12.3. The number of fused-ring (bicyclic) bond motifs is 2. The molecule has 0 unspecified atom stereocenters. The van der Waals surface area contributed by atoms with Gasteiger partial charge in [0.05, 0.1) is 61.9 Å². The molecule has 0 bridgehead atoms. The van der Waals surface area contributed by atoms with Gasteiger partial charge in [-0.05, 0) is 25.0 Å². The summed E-state index contributed by atoms with van der Waals surface area (Å²) in [4.78, 5) is 19.5. The smallest absolute Gasteiger partial charge is 0.247 e. The Morgan fingerprint density at radius 1 is 1.38 bits per heavy atom. The quantitative estimate of drug-likeness (QED) is 0.512. The highest BCUT2D eigenvalue weighted by Crippen LogP contribution is 2.32. The van der Waals surface area contributed by atoms with E-state index in [1.807, 2.05) is 12.1 Å². The summed E-state index contributed by atoms with van der Waals surface area (Å²) in [6.07, 6.45) is 0.340. The number of nitrogens with zero attached hydrogens (tertiary/aromatic N) is 4. The zero-order valence-electron chi connectivity index (χ0n) is 18.9. The minimum absolute atomic E-state index is 0.112. The molecular weight excluding hydrogens is 460 g/mol. The van der Waals surface area contributed by atoms with E-state index in [9.17, 15) is 9.90 Å². The van der Waals surface area contributed by atoms with E-state index in [1.165, 1.54) is 12.0 Å². The molecule has 3 atom stereocenters. The highest BCUT2D eigenvalue weighted by molar-refractivity contribution is 7.99. The fourth-order valence-electron chi connectivity index (χ4n) is 4.23. The molecule has 5 heterocycles. The summed E-state index contributed by atoms with van der Waals surface area (Å²) in [6, 6.07) is 5.72. The summed E-state index contributed by atoms with van der Waals surface area (Å²) in [7, 11) is 1.53. The number of hydrogen-bond acceptors (Lipinski definition) is 11. The number of rotatable bonds is 7. The number of ether oxygens (including phenoxy) is 3. The number of hydrogen-bond donors (Lipinski definition) is 3. The Kier molecular flexibility index (Phi) is 6.99. The molecule has 1 saturated heterocycles. The number of carbonyl (C=O) groups is 1. The number of β-amino-alcohol motifs (C(OH)–C–C–N with tert-alkyl or cyclic N) is 1. The molecule has 0 spiro atoms. The van der Waals surface area contributed by atoms with Crippen molar-refractivity contribution in [1.29, 1.82) is 0 Å². The van der Waals surface area contributed by atoms with Crippen molar-refractivity contribution < 1.29 is 24.1 Å². The van der Waals surface area contributed by atoms with Gasteiger partial charge in [-0.15, -0.1) is 16.9 Å². The molecular formula is C22H28N6O5S.